The lowest BCUT2D eigenvalue weighted by Crippen LogP contribution is -2.38. The molecule has 2 aliphatic rings. The number of benzene rings is 2. The minimum Gasteiger partial charge on any atom is -0.481 e. The van der Waals surface area contributed by atoms with Gasteiger partial charge in [-0.3, -0.25) is 20.0 Å². The number of aromatic nitrogens is 2. The number of ether oxygens (including phenoxy) is 1. The van der Waals surface area contributed by atoms with Gasteiger partial charge in [0.2, 0.25) is 0 Å². The molecule has 180 valence electrons. The Labute approximate surface area is 201 Å². The van der Waals surface area contributed by atoms with E-state index in [-0.39, 0.29) is 41.9 Å². The maximum absolute atomic E-state index is 12.5. The molecule has 3 aromatic rings. The van der Waals surface area contributed by atoms with Crippen molar-refractivity contribution in [1.82, 2.24) is 15.5 Å². The molecule has 2 amide bonds. The van der Waals surface area contributed by atoms with E-state index in [4.69, 9.17) is 9.84 Å². The van der Waals surface area contributed by atoms with E-state index in [2.05, 4.69) is 33.0 Å². The second-order valence-electron chi connectivity index (χ2n) is 8.98. The molecule has 0 aliphatic heterocycles. The molecule has 0 bridgehead atoms. The Kier molecular flexibility index (Phi) is 6.22. The molecule has 4 N–H and O–H groups in total. The Bertz CT molecular complexity index is 1220. The van der Waals surface area contributed by atoms with Gasteiger partial charge in [0.05, 0.1) is 5.92 Å². The largest absolute Gasteiger partial charge is 0.481 e. The molecule has 0 atom stereocenters. The van der Waals surface area contributed by atoms with Crippen LogP contribution in [0.25, 0.3) is 11.1 Å². The number of aliphatic carboxylic acids is 1. The van der Waals surface area contributed by atoms with Crippen LogP contribution in [0.1, 0.15) is 53.2 Å². The molecule has 1 heterocycles. The average molecular weight is 475 g/mol. The molecule has 0 radical (unpaired) electrons. The molecule has 5 rings (SSSR count). The number of carboxylic acid groups (broad SMARTS) is 1. The lowest BCUT2D eigenvalue weighted by molar-refractivity contribution is -0.142. The summed E-state index contributed by atoms with van der Waals surface area (Å²) in [6.07, 6.45) is 1.65. The zero-order valence-corrected chi connectivity index (χ0v) is 19.0. The van der Waals surface area contributed by atoms with Gasteiger partial charge in [-0.15, -0.1) is 0 Å². The first-order valence-electron chi connectivity index (χ1n) is 11.7. The number of nitrogens with one attached hydrogen (secondary N) is 3. The van der Waals surface area contributed by atoms with E-state index in [1.807, 2.05) is 36.4 Å². The molecule has 1 aromatic heterocycles. The number of carboxylic acids is 1. The normalized spacial score (nSPS) is 18.9. The second kappa shape index (κ2) is 9.61. The average Bonchev–Trinajstić information content (AvgIpc) is 3.46. The Morgan fingerprint density at radius 2 is 1.60 bits per heavy atom. The SMILES string of the molecule is O=C(Nc1cc(C(=O)NC2CCC(C(=O)O)CC2)[nH]n1)OCC1c2ccccc2-c2ccccc21. The fraction of sp³-hybridized carbons (Fsp3) is 0.308. The summed E-state index contributed by atoms with van der Waals surface area (Å²) in [5.74, 6) is -1.35. The van der Waals surface area contributed by atoms with E-state index >= 15 is 0 Å². The molecule has 9 heteroatoms. The van der Waals surface area contributed by atoms with Gasteiger partial charge in [0.15, 0.2) is 5.82 Å². The second-order valence-corrected chi connectivity index (χ2v) is 8.98. The third-order valence-corrected chi connectivity index (χ3v) is 6.81. The molecule has 2 aliphatic carbocycles. The van der Waals surface area contributed by atoms with Crippen molar-refractivity contribution in [3.8, 4) is 11.1 Å². The first-order valence-corrected chi connectivity index (χ1v) is 11.7. The number of carbonyl (C=O) groups is 3. The molecule has 35 heavy (non-hydrogen) atoms. The van der Waals surface area contributed by atoms with E-state index in [0.717, 1.165) is 22.3 Å². The van der Waals surface area contributed by atoms with Gasteiger partial charge < -0.3 is 15.2 Å². The van der Waals surface area contributed by atoms with E-state index in [0.29, 0.717) is 25.7 Å². The van der Waals surface area contributed by atoms with Gasteiger partial charge in [-0.05, 0) is 47.9 Å². The molecule has 9 nitrogen and oxygen atoms in total. The minimum atomic E-state index is -0.785. The van der Waals surface area contributed by atoms with Crippen molar-refractivity contribution in [2.75, 3.05) is 11.9 Å². The van der Waals surface area contributed by atoms with Crippen molar-refractivity contribution in [2.45, 2.75) is 37.6 Å². The number of hydrogen-bond acceptors (Lipinski definition) is 5. The molecule has 0 saturated heterocycles. The van der Waals surface area contributed by atoms with Crippen LogP contribution < -0.4 is 10.6 Å². The predicted molar refractivity (Wildman–Crippen MR) is 128 cm³/mol. The number of anilines is 1. The van der Waals surface area contributed by atoms with Crippen molar-refractivity contribution in [1.29, 1.82) is 0 Å². The van der Waals surface area contributed by atoms with E-state index in [1.165, 1.54) is 6.07 Å². The van der Waals surface area contributed by atoms with E-state index < -0.39 is 12.1 Å². The first-order chi connectivity index (χ1) is 17.0. The molecule has 0 unspecified atom stereocenters. The number of nitrogens with zero attached hydrogens (tertiary/aromatic N) is 1. The van der Waals surface area contributed by atoms with Gasteiger partial charge in [-0.2, -0.15) is 5.10 Å². The fourth-order valence-corrected chi connectivity index (χ4v) is 4.99. The number of hydrogen-bond donors (Lipinski definition) is 4. The van der Waals surface area contributed by atoms with Crippen LogP contribution in [0, 0.1) is 5.92 Å². The summed E-state index contributed by atoms with van der Waals surface area (Å²) in [5.41, 5.74) is 4.75. The van der Waals surface area contributed by atoms with Crippen LogP contribution >= 0.6 is 0 Å². The Hall–Kier alpha value is -4.14. The van der Waals surface area contributed by atoms with Crippen LogP contribution in [0.15, 0.2) is 54.6 Å². The standard InChI is InChI=1S/C26H26N4O5/c31-24(27-16-11-9-15(10-12-16)25(32)33)22-13-23(30-29-22)28-26(34)35-14-21-19-7-3-1-5-17(19)18-6-2-4-8-20(18)21/h1-8,13,15-16,21H,9-12,14H2,(H,27,31)(H,32,33)(H2,28,29,30,34). The highest BCUT2D eigenvalue weighted by atomic mass is 16.5. The van der Waals surface area contributed by atoms with Crippen molar-refractivity contribution in [3.05, 3.63) is 71.4 Å². The molecule has 1 fully saturated rings. The predicted octanol–water partition coefficient (Wildman–Crippen LogP) is 4.14. The fourth-order valence-electron chi connectivity index (χ4n) is 4.99. The van der Waals surface area contributed by atoms with Gasteiger partial charge in [-0.25, -0.2) is 4.79 Å². The summed E-state index contributed by atoms with van der Waals surface area (Å²) in [6, 6.07) is 17.6. The summed E-state index contributed by atoms with van der Waals surface area (Å²) < 4.78 is 5.51. The van der Waals surface area contributed by atoms with E-state index in [9.17, 15) is 14.4 Å². The zero-order valence-electron chi connectivity index (χ0n) is 19.0. The number of carbonyl (C=O) groups excluding carboxylic acids is 2. The molecule has 0 spiro atoms. The van der Waals surface area contributed by atoms with Crippen LogP contribution in [0.3, 0.4) is 0 Å². The Morgan fingerprint density at radius 1 is 0.971 bits per heavy atom. The molecular formula is C26H26N4O5. The molecule has 1 saturated carbocycles. The molecule has 2 aromatic carbocycles. The van der Waals surface area contributed by atoms with Gasteiger partial charge in [0.25, 0.3) is 5.91 Å². The summed E-state index contributed by atoms with van der Waals surface area (Å²) in [7, 11) is 0. The summed E-state index contributed by atoms with van der Waals surface area (Å²) >= 11 is 0. The number of fused-ring (bicyclic) bond motifs is 3. The summed E-state index contributed by atoms with van der Waals surface area (Å²) in [6.45, 7) is 0.177. The number of H-pyrrole nitrogens is 1. The maximum atomic E-state index is 12.5. The maximum Gasteiger partial charge on any atom is 0.412 e. The number of aromatic amines is 1. The number of rotatable bonds is 6. The van der Waals surface area contributed by atoms with Gasteiger partial charge in [-0.1, -0.05) is 48.5 Å². The topological polar surface area (TPSA) is 133 Å². The van der Waals surface area contributed by atoms with Crippen LogP contribution in [0.2, 0.25) is 0 Å². The summed E-state index contributed by atoms with van der Waals surface area (Å²) in [4.78, 5) is 36.0. The quantitative estimate of drug-likeness (QED) is 0.424. The highest BCUT2D eigenvalue weighted by Crippen LogP contribution is 2.44. The van der Waals surface area contributed by atoms with Gasteiger partial charge in [0.1, 0.15) is 12.3 Å². The third-order valence-electron chi connectivity index (χ3n) is 6.81. The van der Waals surface area contributed by atoms with Gasteiger partial charge in [0, 0.05) is 18.0 Å². The lowest BCUT2D eigenvalue weighted by Gasteiger charge is -2.26. The smallest absolute Gasteiger partial charge is 0.412 e. The van der Waals surface area contributed by atoms with Crippen LogP contribution in [-0.4, -0.2) is 45.9 Å². The van der Waals surface area contributed by atoms with Crippen LogP contribution in [0.5, 0.6) is 0 Å². The highest BCUT2D eigenvalue weighted by Gasteiger charge is 2.29. The third kappa shape index (κ3) is 4.75. The van der Waals surface area contributed by atoms with Crippen LogP contribution in [-0.2, 0) is 9.53 Å². The van der Waals surface area contributed by atoms with Crippen molar-refractivity contribution >= 4 is 23.8 Å². The lowest BCUT2D eigenvalue weighted by atomic mass is 9.86. The van der Waals surface area contributed by atoms with Crippen molar-refractivity contribution in [3.63, 3.8) is 0 Å². The van der Waals surface area contributed by atoms with Crippen LogP contribution in [0.4, 0.5) is 10.6 Å². The Balaban J connectivity index is 1.15. The zero-order chi connectivity index (χ0) is 24.4. The monoisotopic (exact) mass is 474 g/mol. The molecular weight excluding hydrogens is 448 g/mol. The first kappa shape index (κ1) is 22.6. The van der Waals surface area contributed by atoms with E-state index in [1.54, 1.807) is 0 Å². The minimum absolute atomic E-state index is 0.0510. The highest BCUT2D eigenvalue weighted by molar-refractivity contribution is 5.94. The van der Waals surface area contributed by atoms with Crippen molar-refractivity contribution < 1.29 is 24.2 Å². The Morgan fingerprint density at radius 3 is 2.23 bits per heavy atom. The van der Waals surface area contributed by atoms with Gasteiger partial charge >= 0.3 is 12.1 Å². The summed E-state index contributed by atoms with van der Waals surface area (Å²) in [5, 5.41) is 21.2. The van der Waals surface area contributed by atoms with Crippen molar-refractivity contribution in [2.24, 2.45) is 5.92 Å². The number of amides is 2.